The summed E-state index contributed by atoms with van der Waals surface area (Å²) < 4.78 is 0. The third kappa shape index (κ3) is 2.33. The van der Waals surface area contributed by atoms with Gasteiger partial charge in [-0.05, 0) is 48.9 Å². The van der Waals surface area contributed by atoms with Gasteiger partial charge in [-0.25, -0.2) is 0 Å². The third-order valence-corrected chi connectivity index (χ3v) is 3.66. The summed E-state index contributed by atoms with van der Waals surface area (Å²) in [5.74, 6) is 0.701. The topological polar surface area (TPSA) is 24.1 Å². The number of benzene rings is 1. The van der Waals surface area contributed by atoms with E-state index in [1.54, 1.807) is 0 Å². The maximum absolute atomic E-state index is 6.02. The average Bonchev–Trinajstić information content (AvgIpc) is 3.09. The van der Waals surface area contributed by atoms with E-state index in [-0.39, 0.29) is 0 Å². The first-order chi connectivity index (χ1) is 7.81. The monoisotopic (exact) mass is 236 g/mol. The van der Waals surface area contributed by atoms with E-state index in [2.05, 4.69) is 22.8 Å². The van der Waals surface area contributed by atoms with Gasteiger partial charge in [0.2, 0.25) is 0 Å². The first kappa shape index (κ1) is 10.4. The molecule has 1 atom stereocenters. The van der Waals surface area contributed by atoms with Crippen LogP contribution < -0.4 is 10.6 Å². The second-order valence-electron chi connectivity index (χ2n) is 4.94. The second kappa shape index (κ2) is 4.27. The number of halogens is 1. The summed E-state index contributed by atoms with van der Waals surface area (Å²) in [7, 11) is 0. The first-order valence-electron chi connectivity index (χ1n) is 6.07. The van der Waals surface area contributed by atoms with Crippen LogP contribution in [0.2, 0.25) is 5.02 Å². The number of fused-ring (bicyclic) bond motifs is 1. The van der Waals surface area contributed by atoms with Gasteiger partial charge in [-0.3, -0.25) is 0 Å². The van der Waals surface area contributed by atoms with Gasteiger partial charge < -0.3 is 10.6 Å². The Morgan fingerprint density at radius 3 is 3.06 bits per heavy atom. The van der Waals surface area contributed by atoms with Crippen LogP contribution in [-0.4, -0.2) is 19.1 Å². The van der Waals surface area contributed by atoms with E-state index in [9.17, 15) is 0 Å². The highest BCUT2D eigenvalue weighted by Crippen LogP contribution is 2.28. The van der Waals surface area contributed by atoms with Gasteiger partial charge in [-0.1, -0.05) is 11.6 Å². The van der Waals surface area contributed by atoms with Crippen molar-refractivity contribution in [1.82, 2.24) is 5.32 Å². The molecule has 0 radical (unpaired) electrons. The predicted octanol–water partition coefficient (Wildman–Crippen LogP) is 2.68. The third-order valence-electron chi connectivity index (χ3n) is 3.43. The van der Waals surface area contributed by atoms with E-state index in [0.29, 0.717) is 5.92 Å². The van der Waals surface area contributed by atoms with Gasteiger partial charge in [0.05, 0.1) is 0 Å². The maximum atomic E-state index is 6.02. The van der Waals surface area contributed by atoms with E-state index in [0.717, 1.165) is 30.6 Å². The lowest BCUT2D eigenvalue weighted by molar-refractivity contribution is 0.482. The number of rotatable bonds is 3. The molecule has 0 amide bonds. The highest BCUT2D eigenvalue weighted by atomic mass is 35.5. The fourth-order valence-electron chi connectivity index (χ4n) is 2.31. The highest BCUT2D eigenvalue weighted by molar-refractivity contribution is 6.30. The Balaban J connectivity index is 1.64. The SMILES string of the molecule is Clc1ccc2c(c1)CC(CNC1CC1)CN2. The Morgan fingerprint density at radius 1 is 1.38 bits per heavy atom. The normalized spacial score (nSPS) is 23.7. The Morgan fingerprint density at radius 2 is 2.25 bits per heavy atom. The molecule has 16 heavy (non-hydrogen) atoms. The van der Waals surface area contributed by atoms with Crippen LogP contribution in [0.25, 0.3) is 0 Å². The van der Waals surface area contributed by atoms with E-state index in [1.807, 2.05) is 6.07 Å². The molecule has 86 valence electrons. The van der Waals surface area contributed by atoms with Crippen LogP contribution >= 0.6 is 11.6 Å². The molecule has 2 aliphatic rings. The zero-order valence-electron chi connectivity index (χ0n) is 9.30. The Bertz CT molecular complexity index is 388. The molecule has 1 saturated carbocycles. The molecule has 1 unspecified atom stereocenters. The molecule has 1 aliphatic heterocycles. The maximum Gasteiger partial charge on any atom is 0.0410 e. The minimum absolute atomic E-state index is 0.701. The van der Waals surface area contributed by atoms with Gasteiger partial charge in [0, 0.05) is 29.8 Å². The molecule has 1 aromatic rings. The first-order valence-corrected chi connectivity index (χ1v) is 6.45. The summed E-state index contributed by atoms with van der Waals surface area (Å²) in [6.45, 7) is 2.21. The Hall–Kier alpha value is -0.730. The van der Waals surface area contributed by atoms with E-state index >= 15 is 0 Å². The van der Waals surface area contributed by atoms with Crippen molar-refractivity contribution in [2.24, 2.45) is 5.92 Å². The standard InChI is InChI=1S/C13H17ClN2/c14-11-1-4-13-10(6-11)5-9(8-16-13)7-15-12-2-3-12/h1,4,6,9,12,15-16H,2-3,5,7-8H2. The summed E-state index contributed by atoms with van der Waals surface area (Å²) in [4.78, 5) is 0. The van der Waals surface area contributed by atoms with E-state index < -0.39 is 0 Å². The molecule has 0 aromatic heterocycles. The fraction of sp³-hybridized carbons (Fsp3) is 0.538. The lowest BCUT2D eigenvalue weighted by Gasteiger charge is -2.26. The van der Waals surface area contributed by atoms with Crippen molar-refractivity contribution in [3.05, 3.63) is 28.8 Å². The van der Waals surface area contributed by atoms with Crippen LogP contribution in [0.4, 0.5) is 5.69 Å². The van der Waals surface area contributed by atoms with Crippen LogP contribution in [-0.2, 0) is 6.42 Å². The number of hydrogen-bond donors (Lipinski definition) is 2. The second-order valence-corrected chi connectivity index (χ2v) is 5.37. The smallest absolute Gasteiger partial charge is 0.0410 e. The van der Waals surface area contributed by atoms with Crippen molar-refractivity contribution in [1.29, 1.82) is 0 Å². The molecule has 1 fully saturated rings. The highest BCUT2D eigenvalue weighted by Gasteiger charge is 2.23. The molecular formula is C13H17ClN2. The van der Waals surface area contributed by atoms with Gasteiger partial charge in [-0.15, -0.1) is 0 Å². The van der Waals surface area contributed by atoms with Gasteiger partial charge in [-0.2, -0.15) is 0 Å². The summed E-state index contributed by atoms with van der Waals surface area (Å²) in [5.41, 5.74) is 2.62. The molecule has 0 saturated heterocycles. The van der Waals surface area contributed by atoms with Gasteiger partial charge in [0.15, 0.2) is 0 Å². The van der Waals surface area contributed by atoms with Crippen molar-refractivity contribution >= 4 is 17.3 Å². The van der Waals surface area contributed by atoms with Crippen molar-refractivity contribution < 1.29 is 0 Å². The van der Waals surface area contributed by atoms with Crippen molar-refractivity contribution in [2.75, 3.05) is 18.4 Å². The molecule has 2 nitrogen and oxygen atoms in total. The largest absolute Gasteiger partial charge is 0.384 e. The predicted molar refractivity (Wildman–Crippen MR) is 68.2 cm³/mol. The lowest BCUT2D eigenvalue weighted by atomic mass is 9.94. The molecule has 2 N–H and O–H groups in total. The molecule has 0 spiro atoms. The zero-order chi connectivity index (χ0) is 11.0. The average molecular weight is 237 g/mol. The Labute approximate surface area is 101 Å². The van der Waals surface area contributed by atoms with Crippen molar-refractivity contribution in [2.45, 2.75) is 25.3 Å². The minimum Gasteiger partial charge on any atom is -0.384 e. The molecule has 3 heteroatoms. The zero-order valence-corrected chi connectivity index (χ0v) is 10.1. The summed E-state index contributed by atoms with van der Waals surface area (Å²) in [6.07, 6.45) is 3.87. The Kier molecular flexibility index (Phi) is 2.78. The van der Waals surface area contributed by atoms with Crippen LogP contribution in [0.1, 0.15) is 18.4 Å². The van der Waals surface area contributed by atoms with Gasteiger partial charge in [0.25, 0.3) is 0 Å². The molecule has 1 aromatic carbocycles. The minimum atomic E-state index is 0.701. The molecule has 1 heterocycles. The summed E-state index contributed by atoms with van der Waals surface area (Å²) >= 11 is 6.02. The van der Waals surface area contributed by atoms with Crippen molar-refractivity contribution in [3.8, 4) is 0 Å². The number of nitrogens with one attached hydrogen (secondary N) is 2. The van der Waals surface area contributed by atoms with Crippen LogP contribution in [0.15, 0.2) is 18.2 Å². The molecule has 3 rings (SSSR count). The summed E-state index contributed by atoms with van der Waals surface area (Å²) in [5, 5.41) is 7.93. The number of anilines is 1. The van der Waals surface area contributed by atoms with Crippen LogP contribution in [0.3, 0.4) is 0 Å². The lowest BCUT2D eigenvalue weighted by Crippen LogP contribution is -2.33. The van der Waals surface area contributed by atoms with Gasteiger partial charge >= 0.3 is 0 Å². The molecule has 0 bridgehead atoms. The molecule has 1 aliphatic carbocycles. The van der Waals surface area contributed by atoms with Crippen LogP contribution in [0.5, 0.6) is 0 Å². The molecular weight excluding hydrogens is 220 g/mol. The fourth-order valence-corrected chi connectivity index (χ4v) is 2.50. The number of hydrogen-bond acceptors (Lipinski definition) is 2. The van der Waals surface area contributed by atoms with E-state index in [1.165, 1.54) is 24.1 Å². The van der Waals surface area contributed by atoms with E-state index in [4.69, 9.17) is 11.6 Å². The quantitative estimate of drug-likeness (QED) is 0.843. The van der Waals surface area contributed by atoms with Gasteiger partial charge in [0.1, 0.15) is 0 Å². The van der Waals surface area contributed by atoms with Crippen LogP contribution in [0, 0.1) is 5.92 Å². The van der Waals surface area contributed by atoms with Crippen molar-refractivity contribution in [3.63, 3.8) is 0 Å². The summed E-state index contributed by atoms with van der Waals surface area (Å²) in [6, 6.07) is 6.94.